The fraction of sp³-hybridized carbons (Fsp3) is 0.450. The molecule has 1 aliphatic heterocycles. The first-order valence-corrected chi connectivity index (χ1v) is 10.9. The van der Waals surface area contributed by atoms with Gasteiger partial charge in [0.2, 0.25) is 15.9 Å². The van der Waals surface area contributed by atoms with Crippen LogP contribution in [0.1, 0.15) is 36.1 Å². The summed E-state index contributed by atoms with van der Waals surface area (Å²) in [7, 11) is -3.49. The highest BCUT2D eigenvalue weighted by molar-refractivity contribution is 7.89. The molecule has 6 nitrogen and oxygen atoms in total. The van der Waals surface area contributed by atoms with Gasteiger partial charge in [-0.05, 0) is 67.5 Å². The van der Waals surface area contributed by atoms with Crippen molar-refractivity contribution in [1.29, 1.82) is 0 Å². The van der Waals surface area contributed by atoms with Crippen LogP contribution in [0, 0.1) is 5.92 Å². The number of furan rings is 1. The average Bonchev–Trinajstić information content (AvgIpc) is 3.37. The molecular weight excluding hydrogens is 364 g/mol. The van der Waals surface area contributed by atoms with E-state index in [0.717, 1.165) is 24.8 Å². The second-order valence-electron chi connectivity index (χ2n) is 7.26. The Morgan fingerprint density at radius 3 is 2.67 bits per heavy atom. The van der Waals surface area contributed by atoms with Gasteiger partial charge < -0.3 is 9.73 Å². The van der Waals surface area contributed by atoms with Gasteiger partial charge in [-0.25, -0.2) is 8.42 Å². The van der Waals surface area contributed by atoms with E-state index in [0.29, 0.717) is 43.1 Å². The molecule has 1 amide bonds. The summed E-state index contributed by atoms with van der Waals surface area (Å²) >= 11 is 0. The molecule has 4 rings (SSSR count). The van der Waals surface area contributed by atoms with Gasteiger partial charge in [0.05, 0.1) is 17.7 Å². The Bertz CT molecular complexity index is 913. The molecule has 0 saturated carbocycles. The minimum atomic E-state index is -3.49. The van der Waals surface area contributed by atoms with E-state index in [9.17, 15) is 13.2 Å². The van der Waals surface area contributed by atoms with Crippen molar-refractivity contribution >= 4 is 15.9 Å². The normalized spacial score (nSPS) is 18.4. The number of aryl methyl sites for hydroxylation is 2. The summed E-state index contributed by atoms with van der Waals surface area (Å²) in [6, 6.07) is 9.10. The number of sulfonamides is 1. The highest BCUT2D eigenvalue weighted by atomic mass is 32.2. The van der Waals surface area contributed by atoms with Crippen molar-refractivity contribution in [1.82, 2.24) is 9.62 Å². The first-order chi connectivity index (χ1) is 13.0. The second kappa shape index (κ2) is 7.48. The zero-order chi connectivity index (χ0) is 18.9. The summed E-state index contributed by atoms with van der Waals surface area (Å²) in [5.74, 6) is 0.507. The number of carbonyl (C=O) groups is 1. The van der Waals surface area contributed by atoms with Crippen LogP contribution in [0.3, 0.4) is 0 Å². The Balaban J connectivity index is 1.36. The molecule has 1 saturated heterocycles. The number of fused-ring (bicyclic) bond motifs is 1. The molecule has 0 radical (unpaired) electrons. The maximum absolute atomic E-state index is 13.0. The summed E-state index contributed by atoms with van der Waals surface area (Å²) in [6.45, 7) is 1.11. The number of hydrogen-bond acceptors (Lipinski definition) is 4. The number of hydrogen-bond donors (Lipinski definition) is 1. The fourth-order valence-electron chi connectivity index (χ4n) is 3.95. The molecule has 0 atom stereocenters. The Kier molecular flexibility index (Phi) is 5.06. The number of benzene rings is 1. The molecule has 2 aliphatic rings. The summed E-state index contributed by atoms with van der Waals surface area (Å²) in [6.07, 6.45) is 5.73. The third-order valence-electron chi connectivity index (χ3n) is 5.55. The molecule has 1 N–H and O–H groups in total. The van der Waals surface area contributed by atoms with E-state index in [1.54, 1.807) is 18.4 Å². The van der Waals surface area contributed by atoms with Crippen LogP contribution in [-0.2, 0) is 34.2 Å². The third-order valence-corrected chi connectivity index (χ3v) is 7.44. The van der Waals surface area contributed by atoms with Crippen LogP contribution in [0.4, 0.5) is 0 Å². The quantitative estimate of drug-likeness (QED) is 0.853. The van der Waals surface area contributed by atoms with E-state index >= 15 is 0 Å². The summed E-state index contributed by atoms with van der Waals surface area (Å²) in [4.78, 5) is 12.7. The lowest BCUT2D eigenvalue weighted by molar-refractivity contribution is -0.126. The zero-order valence-corrected chi connectivity index (χ0v) is 16.0. The maximum Gasteiger partial charge on any atom is 0.243 e. The van der Waals surface area contributed by atoms with Gasteiger partial charge in [0, 0.05) is 19.0 Å². The van der Waals surface area contributed by atoms with Gasteiger partial charge in [-0.1, -0.05) is 6.07 Å². The second-order valence-corrected chi connectivity index (χ2v) is 9.20. The van der Waals surface area contributed by atoms with E-state index in [4.69, 9.17) is 4.42 Å². The van der Waals surface area contributed by atoms with E-state index in [1.807, 2.05) is 18.2 Å². The van der Waals surface area contributed by atoms with Crippen LogP contribution in [0.2, 0.25) is 0 Å². The van der Waals surface area contributed by atoms with E-state index in [1.165, 1.54) is 9.87 Å². The minimum Gasteiger partial charge on any atom is -0.467 e. The molecule has 7 heteroatoms. The van der Waals surface area contributed by atoms with E-state index in [-0.39, 0.29) is 11.8 Å². The van der Waals surface area contributed by atoms with Crippen molar-refractivity contribution in [3.8, 4) is 0 Å². The largest absolute Gasteiger partial charge is 0.467 e. The van der Waals surface area contributed by atoms with Crippen LogP contribution in [0.15, 0.2) is 45.9 Å². The molecule has 2 heterocycles. The van der Waals surface area contributed by atoms with Crippen LogP contribution >= 0.6 is 0 Å². The number of nitrogens with one attached hydrogen (secondary N) is 1. The highest BCUT2D eigenvalue weighted by Crippen LogP contribution is 2.28. The summed E-state index contributed by atoms with van der Waals surface area (Å²) in [5, 5.41) is 2.87. The van der Waals surface area contributed by atoms with Gasteiger partial charge in [0.15, 0.2) is 0 Å². The van der Waals surface area contributed by atoms with Gasteiger partial charge in [-0.2, -0.15) is 4.31 Å². The van der Waals surface area contributed by atoms with Gasteiger partial charge in [-0.3, -0.25) is 4.79 Å². The average molecular weight is 388 g/mol. The molecule has 144 valence electrons. The smallest absolute Gasteiger partial charge is 0.243 e. The Labute approximate surface area is 159 Å². The number of piperidine rings is 1. The number of nitrogens with zero attached hydrogens (tertiary/aromatic N) is 1. The summed E-state index contributed by atoms with van der Waals surface area (Å²) in [5.41, 5.74) is 2.42. The number of carbonyl (C=O) groups excluding carboxylic acids is 1. The van der Waals surface area contributed by atoms with Gasteiger partial charge in [0.25, 0.3) is 0 Å². The van der Waals surface area contributed by atoms with Crippen molar-refractivity contribution < 1.29 is 17.6 Å². The molecular formula is C20H24N2O4S. The van der Waals surface area contributed by atoms with Gasteiger partial charge in [-0.15, -0.1) is 0 Å². The van der Waals surface area contributed by atoms with E-state index < -0.39 is 10.0 Å². The zero-order valence-electron chi connectivity index (χ0n) is 15.2. The third kappa shape index (κ3) is 3.80. The molecule has 0 bridgehead atoms. The molecule has 2 aromatic rings. The molecule has 0 unspecified atom stereocenters. The van der Waals surface area contributed by atoms with Crippen LogP contribution in [0.5, 0.6) is 0 Å². The molecule has 1 fully saturated rings. The van der Waals surface area contributed by atoms with Crippen molar-refractivity contribution in [2.24, 2.45) is 5.92 Å². The molecule has 1 aromatic heterocycles. The number of rotatable bonds is 5. The maximum atomic E-state index is 13.0. The lowest BCUT2D eigenvalue weighted by atomic mass is 9.97. The topological polar surface area (TPSA) is 79.6 Å². The Hall–Kier alpha value is -2.12. The van der Waals surface area contributed by atoms with Crippen LogP contribution in [0.25, 0.3) is 0 Å². The van der Waals surface area contributed by atoms with E-state index in [2.05, 4.69) is 5.32 Å². The van der Waals surface area contributed by atoms with Crippen molar-refractivity contribution in [2.75, 3.05) is 13.1 Å². The van der Waals surface area contributed by atoms with Gasteiger partial charge >= 0.3 is 0 Å². The Morgan fingerprint density at radius 1 is 1.15 bits per heavy atom. The van der Waals surface area contributed by atoms with Crippen molar-refractivity contribution in [3.63, 3.8) is 0 Å². The predicted octanol–water partition coefficient (Wildman–Crippen LogP) is 2.49. The summed E-state index contributed by atoms with van der Waals surface area (Å²) < 4.78 is 32.6. The monoisotopic (exact) mass is 388 g/mol. The highest BCUT2D eigenvalue weighted by Gasteiger charge is 2.32. The first-order valence-electron chi connectivity index (χ1n) is 9.46. The first kappa shape index (κ1) is 18.3. The van der Waals surface area contributed by atoms with Crippen molar-refractivity contribution in [3.05, 3.63) is 53.5 Å². The Morgan fingerprint density at radius 2 is 1.93 bits per heavy atom. The molecule has 1 aromatic carbocycles. The standard InChI is InChI=1S/C20H24N2O4S/c23-20(21-14-18-5-2-12-26-18)16-8-10-22(11-9-16)27(24,25)19-7-6-15-3-1-4-17(15)13-19/h2,5-7,12-13,16H,1,3-4,8-11,14H2,(H,21,23). The van der Waals surface area contributed by atoms with Crippen LogP contribution in [-0.4, -0.2) is 31.7 Å². The predicted molar refractivity (Wildman–Crippen MR) is 101 cm³/mol. The van der Waals surface area contributed by atoms with Crippen LogP contribution < -0.4 is 5.32 Å². The minimum absolute atomic E-state index is 0.0408. The molecule has 0 spiro atoms. The lowest BCUT2D eigenvalue weighted by Gasteiger charge is -2.30. The SMILES string of the molecule is O=C(NCc1ccco1)C1CCN(S(=O)(=O)c2ccc3c(c2)CCC3)CC1. The number of amides is 1. The fourth-order valence-corrected chi connectivity index (χ4v) is 5.47. The lowest BCUT2D eigenvalue weighted by Crippen LogP contribution is -2.42. The molecule has 1 aliphatic carbocycles. The van der Waals surface area contributed by atoms with Crippen molar-refractivity contribution in [2.45, 2.75) is 43.5 Å². The molecule has 27 heavy (non-hydrogen) atoms. The van der Waals surface area contributed by atoms with Gasteiger partial charge in [0.1, 0.15) is 5.76 Å².